The number of esters is 1. The number of carbonyl (C=O) groups is 1. The van der Waals surface area contributed by atoms with Gasteiger partial charge in [-0.05, 0) is 49.5 Å². The summed E-state index contributed by atoms with van der Waals surface area (Å²) in [5.41, 5.74) is 0.945. The van der Waals surface area contributed by atoms with Crippen molar-refractivity contribution in [3.8, 4) is 5.75 Å². The average Bonchev–Trinajstić information content (AvgIpc) is 2.47. The Kier molecular flexibility index (Phi) is 5.21. The Hall–Kier alpha value is -1.55. The third-order valence-corrected chi connectivity index (χ3v) is 3.44. The molecule has 1 heterocycles. The molecule has 1 aromatic carbocycles. The highest BCUT2D eigenvalue weighted by molar-refractivity contribution is 5.72. The Morgan fingerprint density at radius 3 is 2.58 bits per heavy atom. The molecule has 4 nitrogen and oxygen atoms in total. The van der Waals surface area contributed by atoms with E-state index in [1.807, 2.05) is 24.3 Å². The maximum absolute atomic E-state index is 11.1. The molecule has 4 heteroatoms. The fourth-order valence-electron chi connectivity index (χ4n) is 2.20. The molecule has 1 aliphatic rings. The lowest BCUT2D eigenvalue weighted by Crippen LogP contribution is -2.30. The van der Waals surface area contributed by atoms with Crippen LogP contribution in [0.4, 0.5) is 0 Å². The van der Waals surface area contributed by atoms with Crippen molar-refractivity contribution in [1.29, 1.82) is 0 Å². The quantitative estimate of drug-likeness (QED) is 0.823. The van der Waals surface area contributed by atoms with E-state index in [0.717, 1.165) is 31.0 Å². The van der Waals surface area contributed by atoms with Gasteiger partial charge in [0.15, 0.2) is 0 Å². The first-order valence-corrected chi connectivity index (χ1v) is 6.77. The second-order valence-corrected chi connectivity index (χ2v) is 4.90. The summed E-state index contributed by atoms with van der Waals surface area (Å²) in [6, 6.07) is 7.65. The van der Waals surface area contributed by atoms with Crippen LogP contribution < -0.4 is 10.1 Å². The van der Waals surface area contributed by atoms with Crippen LogP contribution >= 0.6 is 0 Å². The Morgan fingerprint density at radius 1 is 1.26 bits per heavy atom. The van der Waals surface area contributed by atoms with Crippen LogP contribution in [-0.2, 0) is 16.0 Å². The zero-order valence-corrected chi connectivity index (χ0v) is 11.4. The van der Waals surface area contributed by atoms with Crippen molar-refractivity contribution in [3.05, 3.63) is 29.8 Å². The lowest BCUT2D eigenvalue weighted by molar-refractivity contribution is -0.139. The van der Waals surface area contributed by atoms with E-state index in [2.05, 4.69) is 10.1 Å². The van der Waals surface area contributed by atoms with Gasteiger partial charge in [-0.3, -0.25) is 4.79 Å². The van der Waals surface area contributed by atoms with Crippen molar-refractivity contribution in [2.24, 2.45) is 5.92 Å². The summed E-state index contributed by atoms with van der Waals surface area (Å²) in [7, 11) is 1.40. The molecule has 1 N–H and O–H groups in total. The van der Waals surface area contributed by atoms with E-state index >= 15 is 0 Å². The van der Waals surface area contributed by atoms with Gasteiger partial charge >= 0.3 is 5.97 Å². The molecule has 0 radical (unpaired) electrons. The largest absolute Gasteiger partial charge is 0.493 e. The van der Waals surface area contributed by atoms with E-state index in [1.165, 1.54) is 20.0 Å². The highest BCUT2D eigenvalue weighted by Crippen LogP contribution is 2.17. The van der Waals surface area contributed by atoms with E-state index in [1.54, 1.807) is 0 Å². The molecule has 0 unspecified atom stereocenters. The topological polar surface area (TPSA) is 47.6 Å². The minimum atomic E-state index is -0.219. The molecule has 0 aromatic heterocycles. The second-order valence-electron chi connectivity index (χ2n) is 4.90. The van der Waals surface area contributed by atoms with Gasteiger partial charge in [-0.15, -0.1) is 0 Å². The number of ether oxygens (including phenoxy) is 2. The summed E-state index contributed by atoms with van der Waals surface area (Å²) in [4.78, 5) is 11.1. The number of methoxy groups -OCH3 is 1. The highest BCUT2D eigenvalue weighted by atomic mass is 16.5. The summed E-state index contributed by atoms with van der Waals surface area (Å²) in [6.07, 6.45) is 2.67. The molecule has 1 saturated heterocycles. The number of rotatable bonds is 5. The molecule has 1 aliphatic heterocycles. The van der Waals surface area contributed by atoms with Crippen LogP contribution in [0.5, 0.6) is 5.75 Å². The van der Waals surface area contributed by atoms with Gasteiger partial charge in [0.25, 0.3) is 0 Å². The van der Waals surface area contributed by atoms with Crippen molar-refractivity contribution < 1.29 is 14.3 Å². The maximum atomic E-state index is 11.1. The first kappa shape index (κ1) is 13.9. The monoisotopic (exact) mass is 263 g/mol. The van der Waals surface area contributed by atoms with Crippen molar-refractivity contribution in [2.75, 3.05) is 26.8 Å². The molecule has 0 aliphatic carbocycles. The molecule has 0 spiro atoms. The van der Waals surface area contributed by atoms with E-state index < -0.39 is 0 Å². The van der Waals surface area contributed by atoms with Crippen molar-refractivity contribution in [1.82, 2.24) is 5.32 Å². The second kappa shape index (κ2) is 7.14. The van der Waals surface area contributed by atoms with Gasteiger partial charge in [-0.2, -0.15) is 0 Å². The smallest absolute Gasteiger partial charge is 0.309 e. The van der Waals surface area contributed by atoms with E-state index in [0.29, 0.717) is 12.3 Å². The Morgan fingerprint density at radius 2 is 1.95 bits per heavy atom. The van der Waals surface area contributed by atoms with E-state index in [4.69, 9.17) is 4.74 Å². The molecule has 0 amide bonds. The number of hydrogen-bond acceptors (Lipinski definition) is 4. The predicted molar refractivity (Wildman–Crippen MR) is 73.3 cm³/mol. The van der Waals surface area contributed by atoms with Crippen LogP contribution in [0.25, 0.3) is 0 Å². The van der Waals surface area contributed by atoms with Gasteiger partial charge in [-0.1, -0.05) is 12.1 Å². The van der Waals surface area contributed by atoms with E-state index in [9.17, 15) is 4.79 Å². The molecule has 1 fully saturated rings. The minimum absolute atomic E-state index is 0.219. The van der Waals surface area contributed by atoms with Crippen LogP contribution in [0.1, 0.15) is 18.4 Å². The third kappa shape index (κ3) is 4.56. The summed E-state index contributed by atoms with van der Waals surface area (Å²) in [5.74, 6) is 1.30. The predicted octanol–water partition coefficient (Wildman–Crippen LogP) is 1.78. The zero-order valence-electron chi connectivity index (χ0n) is 11.4. The van der Waals surface area contributed by atoms with E-state index in [-0.39, 0.29) is 5.97 Å². The molecular formula is C15H21NO3. The Labute approximate surface area is 114 Å². The average molecular weight is 263 g/mol. The maximum Gasteiger partial charge on any atom is 0.309 e. The van der Waals surface area contributed by atoms with Crippen LogP contribution in [0.3, 0.4) is 0 Å². The van der Waals surface area contributed by atoms with Crippen LogP contribution in [0, 0.1) is 5.92 Å². The molecule has 2 rings (SSSR count). The lowest BCUT2D eigenvalue weighted by Gasteiger charge is -2.22. The first-order valence-electron chi connectivity index (χ1n) is 6.77. The number of hydrogen-bond donors (Lipinski definition) is 1. The standard InChI is InChI=1S/C15H21NO3/c1-18-15(17)10-12-2-4-14(5-3-12)19-11-13-6-8-16-9-7-13/h2-5,13,16H,6-11H2,1H3. The number of carbonyl (C=O) groups excluding carboxylic acids is 1. The first-order chi connectivity index (χ1) is 9.28. The lowest BCUT2D eigenvalue weighted by atomic mass is 9.99. The fraction of sp³-hybridized carbons (Fsp3) is 0.533. The molecular weight excluding hydrogens is 242 g/mol. The summed E-state index contributed by atoms with van der Waals surface area (Å²) < 4.78 is 10.4. The fourth-order valence-corrected chi connectivity index (χ4v) is 2.20. The summed E-state index contributed by atoms with van der Waals surface area (Å²) in [5, 5.41) is 3.34. The molecule has 0 bridgehead atoms. The molecule has 0 saturated carbocycles. The van der Waals surface area contributed by atoms with Crippen LogP contribution in [0.2, 0.25) is 0 Å². The van der Waals surface area contributed by atoms with Crippen molar-refractivity contribution >= 4 is 5.97 Å². The molecule has 1 aromatic rings. The van der Waals surface area contributed by atoms with Gasteiger partial charge in [-0.25, -0.2) is 0 Å². The highest BCUT2D eigenvalue weighted by Gasteiger charge is 2.13. The molecule has 104 valence electrons. The minimum Gasteiger partial charge on any atom is -0.493 e. The number of benzene rings is 1. The SMILES string of the molecule is COC(=O)Cc1ccc(OCC2CCNCC2)cc1. The molecule has 19 heavy (non-hydrogen) atoms. The Balaban J connectivity index is 1.79. The van der Waals surface area contributed by atoms with Crippen molar-refractivity contribution in [2.45, 2.75) is 19.3 Å². The van der Waals surface area contributed by atoms with Crippen molar-refractivity contribution in [3.63, 3.8) is 0 Å². The zero-order chi connectivity index (χ0) is 13.5. The van der Waals surface area contributed by atoms with Gasteiger partial charge in [0.1, 0.15) is 5.75 Å². The van der Waals surface area contributed by atoms with Crippen LogP contribution in [-0.4, -0.2) is 32.8 Å². The summed E-state index contributed by atoms with van der Waals surface area (Å²) >= 11 is 0. The molecule has 0 atom stereocenters. The normalized spacial score (nSPS) is 16.1. The van der Waals surface area contributed by atoms with Gasteiger partial charge in [0.05, 0.1) is 20.1 Å². The Bertz CT molecular complexity index is 396. The number of piperidine rings is 1. The van der Waals surface area contributed by atoms with Gasteiger partial charge < -0.3 is 14.8 Å². The van der Waals surface area contributed by atoms with Gasteiger partial charge in [0, 0.05) is 0 Å². The number of nitrogens with one attached hydrogen (secondary N) is 1. The third-order valence-electron chi connectivity index (χ3n) is 3.44. The van der Waals surface area contributed by atoms with Crippen LogP contribution in [0.15, 0.2) is 24.3 Å². The van der Waals surface area contributed by atoms with Gasteiger partial charge in [0.2, 0.25) is 0 Å². The summed E-state index contributed by atoms with van der Waals surface area (Å²) in [6.45, 7) is 2.95.